The number of rotatable bonds is 6. The number of nitrogens with zero attached hydrogens (tertiary/aromatic N) is 1. The van der Waals surface area contributed by atoms with Crippen LogP contribution < -0.4 is 5.73 Å². The van der Waals surface area contributed by atoms with E-state index in [0.717, 1.165) is 30.6 Å². The zero-order valence-corrected chi connectivity index (χ0v) is 13.1. The minimum atomic E-state index is -3.52. The van der Waals surface area contributed by atoms with E-state index in [1.54, 1.807) is 12.1 Å². The van der Waals surface area contributed by atoms with Gasteiger partial charge in [0.25, 0.3) is 10.0 Å². The van der Waals surface area contributed by atoms with E-state index in [2.05, 4.69) is 0 Å². The van der Waals surface area contributed by atoms with Crippen LogP contribution >= 0.6 is 11.3 Å². The number of sulfonamides is 1. The van der Waals surface area contributed by atoms with Gasteiger partial charge in [-0.1, -0.05) is 19.3 Å². The molecular weight excluding hydrogens is 296 g/mol. The molecule has 0 saturated heterocycles. The van der Waals surface area contributed by atoms with Gasteiger partial charge in [0.1, 0.15) is 4.21 Å². The van der Waals surface area contributed by atoms with Crippen LogP contribution in [0.15, 0.2) is 16.3 Å². The van der Waals surface area contributed by atoms with Crippen LogP contribution in [0.4, 0.5) is 0 Å². The molecule has 0 radical (unpaired) electrons. The van der Waals surface area contributed by atoms with Gasteiger partial charge in [-0.2, -0.15) is 4.31 Å². The molecule has 1 saturated carbocycles. The molecule has 0 aliphatic heterocycles. The van der Waals surface area contributed by atoms with Gasteiger partial charge in [0.2, 0.25) is 0 Å². The Morgan fingerprint density at radius 2 is 2.00 bits per heavy atom. The van der Waals surface area contributed by atoms with Gasteiger partial charge in [0.05, 0.1) is 6.61 Å². The van der Waals surface area contributed by atoms with E-state index < -0.39 is 10.0 Å². The highest BCUT2D eigenvalue weighted by atomic mass is 32.2. The molecule has 114 valence electrons. The Hall–Kier alpha value is -0.470. The summed E-state index contributed by atoms with van der Waals surface area (Å²) in [6.45, 7) is 0.372. The van der Waals surface area contributed by atoms with Gasteiger partial charge in [0.15, 0.2) is 0 Å². The van der Waals surface area contributed by atoms with Crippen molar-refractivity contribution in [3.05, 3.63) is 17.0 Å². The molecule has 0 bridgehead atoms. The van der Waals surface area contributed by atoms with Crippen LogP contribution in [0.3, 0.4) is 0 Å². The Morgan fingerprint density at radius 1 is 1.30 bits per heavy atom. The minimum Gasteiger partial charge on any atom is -0.395 e. The predicted molar refractivity (Wildman–Crippen MR) is 80.1 cm³/mol. The van der Waals surface area contributed by atoms with Crippen molar-refractivity contribution in [2.75, 3.05) is 13.2 Å². The Kier molecular flexibility index (Phi) is 5.57. The Bertz CT molecular complexity index is 521. The summed E-state index contributed by atoms with van der Waals surface area (Å²) < 4.78 is 27.3. The van der Waals surface area contributed by atoms with Crippen molar-refractivity contribution in [2.24, 2.45) is 5.73 Å². The van der Waals surface area contributed by atoms with Gasteiger partial charge in [-0.3, -0.25) is 0 Å². The van der Waals surface area contributed by atoms with Gasteiger partial charge >= 0.3 is 0 Å². The normalized spacial score (nSPS) is 17.8. The molecule has 0 aromatic carbocycles. The lowest BCUT2D eigenvalue weighted by Crippen LogP contribution is -2.42. The van der Waals surface area contributed by atoms with E-state index in [0.29, 0.717) is 10.8 Å². The first kappa shape index (κ1) is 15.9. The molecule has 0 spiro atoms. The van der Waals surface area contributed by atoms with Crippen LogP contribution in [0.25, 0.3) is 0 Å². The lowest BCUT2D eigenvalue weighted by Gasteiger charge is -2.32. The monoisotopic (exact) mass is 318 g/mol. The fourth-order valence-electron chi connectivity index (χ4n) is 2.69. The smallest absolute Gasteiger partial charge is 0.252 e. The predicted octanol–water partition coefficient (Wildman–Crippen LogP) is 1.52. The fraction of sp³-hybridized carbons (Fsp3) is 0.692. The number of thiophene rings is 1. The third-order valence-electron chi connectivity index (χ3n) is 3.70. The topological polar surface area (TPSA) is 83.6 Å². The third-order valence-corrected chi connectivity index (χ3v) is 7.23. The van der Waals surface area contributed by atoms with Crippen LogP contribution in [-0.4, -0.2) is 37.0 Å². The summed E-state index contributed by atoms with van der Waals surface area (Å²) in [5.41, 5.74) is 5.55. The molecule has 5 nitrogen and oxygen atoms in total. The number of hydrogen-bond donors (Lipinski definition) is 2. The van der Waals surface area contributed by atoms with Crippen molar-refractivity contribution in [1.82, 2.24) is 4.31 Å². The number of hydrogen-bond acceptors (Lipinski definition) is 5. The molecule has 1 fully saturated rings. The van der Waals surface area contributed by atoms with E-state index in [-0.39, 0.29) is 19.2 Å². The Morgan fingerprint density at radius 3 is 2.55 bits per heavy atom. The molecule has 1 aliphatic carbocycles. The molecule has 0 unspecified atom stereocenters. The standard InChI is InChI=1S/C13H22N2O3S2/c14-10-12-6-7-13(19-12)20(17,18)15(8-9-16)11-4-2-1-3-5-11/h6-7,11,16H,1-5,8-10,14H2. The van der Waals surface area contributed by atoms with Gasteiger partial charge < -0.3 is 10.8 Å². The lowest BCUT2D eigenvalue weighted by molar-refractivity contribution is 0.199. The van der Waals surface area contributed by atoms with Crippen LogP contribution in [0.1, 0.15) is 37.0 Å². The second-order valence-electron chi connectivity index (χ2n) is 5.06. The van der Waals surface area contributed by atoms with Crippen molar-refractivity contribution >= 4 is 21.4 Å². The largest absolute Gasteiger partial charge is 0.395 e. The summed E-state index contributed by atoms with van der Waals surface area (Å²) in [4.78, 5) is 0.858. The van der Waals surface area contributed by atoms with E-state index in [9.17, 15) is 13.5 Å². The van der Waals surface area contributed by atoms with E-state index in [1.807, 2.05) is 0 Å². The second kappa shape index (κ2) is 7.00. The summed E-state index contributed by atoms with van der Waals surface area (Å²) in [6.07, 6.45) is 5.05. The zero-order valence-electron chi connectivity index (χ0n) is 11.5. The molecule has 1 aliphatic rings. The molecule has 3 N–H and O–H groups in total. The van der Waals surface area contributed by atoms with E-state index in [1.165, 1.54) is 22.1 Å². The summed E-state index contributed by atoms with van der Waals surface area (Å²) in [7, 11) is -3.52. The van der Waals surface area contributed by atoms with Crippen molar-refractivity contribution in [3.8, 4) is 0 Å². The second-order valence-corrected chi connectivity index (χ2v) is 8.34. The highest BCUT2D eigenvalue weighted by Crippen LogP contribution is 2.30. The minimum absolute atomic E-state index is 0.0179. The van der Waals surface area contributed by atoms with Gasteiger partial charge in [-0.15, -0.1) is 11.3 Å². The maximum Gasteiger partial charge on any atom is 0.252 e. The molecule has 0 amide bonds. The number of aliphatic hydroxyl groups is 1. The van der Waals surface area contributed by atoms with Crippen molar-refractivity contribution in [2.45, 2.75) is 48.9 Å². The molecular formula is C13H22N2O3S2. The molecule has 20 heavy (non-hydrogen) atoms. The van der Waals surface area contributed by atoms with Gasteiger partial charge in [-0.25, -0.2) is 8.42 Å². The van der Waals surface area contributed by atoms with Crippen molar-refractivity contribution in [3.63, 3.8) is 0 Å². The van der Waals surface area contributed by atoms with Gasteiger partial charge in [0, 0.05) is 24.0 Å². The summed E-state index contributed by atoms with van der Waals surface area (Å²) >= 11 is 1.22. The number of nitrogens with two attached hydrogens (primary N) is 1. The molecule has 1 heterocycles. The first-order chi connectivity index (χ1) is 9.59. The highest BCUT2D eigenvalue weighted by Gasteiger charge is 2.32. The molecule has 1 aromatic heterocycles. The first-order valence-electron chi connectivity index (χ1n) is 7.01. The number of aliphatic hydroxyl groups excluding tert-OH is 1. The quantitative estimate of drug-likeness (QED) is 0.833. The molecule has 7 heteroatoms. The summed E-state index contributed by atoms with van der Waals surface area (Å²) in [6, 6.07) is 3.40. The van der Waals surface area contributed by atoms with Gasteiger partial charge in [-0.05, 0) is 25.0 Å². The molecule has 1 aromatic rings. The summed E-state index contributed by atoms with van der Waals surface area (Å²) in [5, 5.41) is 9.21. The lowest BCUT2D eigenvalue weighted by atomic mass is 9.95. The Labute approximate surface area is 124 Å². The van der Waals surface area contributed by atoms with Crippen LogP contribution in [0, 0.1) is 0 Å². The Balaban J connectivity index is 2.26. The molecule has 0 atom stereocenters. The zero-order chi connectivity index (χ0) is 14.6. The van der Waals surface area contributed by atoms with E-state index >= 15 is 0 Å². The van der Waals surface area contributed by atoms with E-state index in [4.69, 9.17) is 5.73 Å². The van der Waals surface area contributed by atoms with Crippen molar-refractivity contribution in [1.29, 1.82) is 0 Å². The van der Waals surface area contributed by atoms with Crippen LogP contribution in [0.2, 0.25) is 0 Å². The summed E-state index contributed by atoms with van der Waals surface area (Å²) in [5.74, 6) is 0. The average molecular weight is 318 g/mol. The molecule has 2 rings (SSSR count). The van der Waals surface area contributed by atoms with Crippen LogP contribution in [-0.2, 0) is 16.6 Å². The highest BCUT2D eigenvalue weighted by molar-refractivity contribution is 7.91. The van der Waals surface area contributed by atoms with Crippen LogP contribution in [0.5, 0.6) is 0 Å². The third kappa shape index (κ3) is 3.40. The fourth-order valence-corrected chi connectivity index (χ4v) is 5.73. The average Bonchev–Trinajstić information content (AvgIpc) is 2.95. The SMILES string of the molecule is NCc1ccc(S(=O)(=O)N(CCO)C2CCCCC2)s1. The first-order valence-corrected chi connectivity index (χ1v) is 9.26. The maximum absolute atomic E-state index is 12.7. The van der Waals surface area contributed by atoms with Crippen molar-refractivity contribution < 1.29 is 13.5 Å². The maximum atomic E-state index is 12.7.